The van der Waals surface area contributed by atoms with E-state index in [2.05, 4.69) is 46.6 Å². The van der Waals surface area contributed by atoms with E-state index >= 15 is 0 Å². The number of rotatable bonds is 4. The van der Waals surface area contributed by atoms with Crippen molar-refractivity contribution < 1.29 is 14.3 Å². The van der Waals surface area contributed by atoms with Crippen molar-refractivity contribution in [3.05, 3.63) is 35.5 Å². The topological polar surface area (TPSA) is 68.4 Å². The maximum absolute atomic E-state index is 13.5. The summed E-state index contributed by atoms with van der Waals surface area (Å²) in [5.74, 6) is -0.0810. The first-order valence-electron chi connectivity index (χ1n) is 9.34. The Morgan fingerprint density at radius 2 is 2.31 bits per heavy atom. The van der Waals surface area contributed by atoms with Gasteiger partial charge < -0.3 is 20.3 Å². The fourth-order valence-electron chi connectivity index (χ4n) is 4.74. The van der Waals surface area contributed by atoms with Crippen molar-refractivity contribution in [2.45, 2.75) is 43.9 Å². The number of aromatic nitrogens is 1. The van der Waals surface area contributed by atoms with Crippen LogP contribution >= 0.6 is 0 Å². The van der Waals surface area contributed by atoms with Crippen LogP contribution in [0, 0.1) is 5.92 Å². The fraction of sp³-hybridized carbons (Fsp3) is 0.550. The van der Waals surface area contributed by atoms with Crippen LogP contribution in [0.2, 0.25) is 0 Å². The summed E-state index contributed by atoms with van der Waals surface area (Å²) in [6.45, 7) is 1.63. The molecule has 5 nitrogen and oxygen atoms in total. The smallest absolute Gasteiger partial charge is 0.224 e. The van der Waals surface area contributed by atoms with Gasteiger partial charge >= 0.3 is 0 Å². The molecule has 0 bridgehead atoms. The molecule has 1 fully saturated rings. The number of hydrogen-bond acceptors (Lipinski definition) is 3. The zero-order valence-corrected chi connectivity index (χ0v) is 15.2. The maximum atomic E-state index is 13.5. The average Bonchev–Trinajstić information content (AvgIpc) is 3.04. The number of nitrogens with one attached hydrogen (secondary N) is 2. The number of amides is 1. The van der Waals surface area contributed by atoms with Crippen molar-refractivity contribution in [3.8, 4) is 0 Å². The Labute approximate surface area is 152 Å². The first-order valence-corrected chi connectivity index (χ1v) is 9.34. The number of nitrogens with zero attached hydrogens (tertiary/aromatic N) is 1. The number of benzene rings is 1. The van der Waals surface area contributed by atoms with Gasteiger partial charge in [-0.25, -0.2) is 4.39 Å². The van der Waals surface area contributed by atoms with Crippen molar-refractivity contribution in [3.63, 3.8) is 0 Å². The molecule has 1 aromatic heterocycles. The van der Waals surface area contributed by atoms with E-state index in [1.165, 1.54) is 23.4 Å². The first kappa shape index (κ1) is 17.5. The van der Waals surface area contributed by atoms with Crippen molar-refractivity contribution in [2.75, 3.05) is 20.2 Å². The number of aliphatic hydroxyl groups excluding tert-OH is 1. The highest BCUT2D eigenvalue weighted by molar-refractivity contribution is 5.88. The summed E-state index contributed by atoms with van der Waals surface area (Å²) >= 11 is 0. The lowest BCUT2D eigenvalue weighted by Crippen LogP contribution is -2.53. The highest BCUT2D eigenvalue weighted by Gasteiger charge is 2.41. The first-order chi connectivity index (χ1) is 12.5. The minimum absolute atomic E-state index is 0.161. The molecule has 2 heterocycles. The number of carbonyl (C=O) groups excluding carboxylic acids is 1. The second-order valence-corrected chi connectivity index (χ2v) is 7.81. The normalized spacial score (nSPS) is 27.8. The molecule has 1 aliphatic heterocycles. The monoisotopic (exact) mass is 359 g/mol. The van der Waals surface area contributed by atoms with Gasteiger partial charge in [-0.3, -0.25) is 4.79 Å². The molecule has 0 saturated carbocycles. The van der Waals surface area contributed by atoms with Crippen LogP contribution in [0.15, 0.2) is 24.4 Å². The Morgan fingerprint density at radius 3 is 3.04 bits per heavy atom. The molecule has 1 aromatic carbocycles. The highest BCUT2D eigenvalue weighted by atomic mass is 19.1. The van der Waals surface area contributed by atoms with Crippen LogP contribution < -0.4 is 5.32 Å². The Kier molecular flexibility index (Phi) is 4.49. The van der Waals surface area contributed by atoms with E-state index in [-0.39, 0.29) is 24.3 Å². The van der Waals surface area contributed by atoms with Crippen molar-refractivity contribution in [1.29, 1.82) is 0 Å². The lowest BCUT2D eigenvalue weighted by atomic mass is 9.72. The number of piperidine rings is 1. The number of halogens is 1. The molecule has 2 aliphatic rings. The number of alkyl halides is 1. The second-order valence-electron chi connectivity index (χ2n) is 7.81. The van der Waals surface area contributed by atoms with E-state index < -0.39 is 12.2 Å². The van der Waals surface area contributed by atoms with Crippen LogP contribution in [0.3, 0.4) is 0 Å². The second kappa shape index (κ2) is 6.67. The molecule has 5 unspecified atom stereocenters. The Morgan fingerprint density at radius 1 is 1.50 bits per heavy atom. The molecule has 26 heavy (non-hydrogen) atoms. The fourth-order valence-corrected chi connectivity index (χ4v) is 4.74. The van der Waals surface area contributed by atoms with Gasteiger partial charge in [-0.05, 0) is 44.0 Å². The standard InChI is InChI=1S/C20H26FN3O2/c1-11(21)17(10-25)23-20(26)13-6-15-14-4-3-5-16-19(14)12(8-22-16)7-18(15)24(2)9-13/h3-5,8,11,13,15,17-18,22,25H,6-7,9-10H2,1-2H3,(H,23,26). The summed E-state index contributed by atoms with van der Waals surface area (Å²) in [5.41, 5.74) is 3.80. The van der Waals surface area contributed by atoms with Crippen LogP contribution in [0.4, 0.5) is 4.39 Å². The number of H-pyrrole nitrogens is 1. The molecular formula is C20H26FN3O2. The lowest BCUT2D eigenvalue weighted by Gasteiger charge is -2.45. The van der Waals surface area contributed by atoms with E-state index in [0.717, 1.165) is 18.4 Å². The summed E-state index contributed by atoms with van der Waals surface area (Å²) in [6.07, 6.45) is 2.56. The van der Waals surface area contributed by atoms with Crippen LogP contribution in [-0.2, 0) is 11.2 Å². The summed E-state index contributed by atoms with van der Waals surface area (Å²) in [5, 5.41) is 13.3. The molecule has 0 radical (unpaired) electrons. The zero-order chi connectivity index (χ0) is 18.4. The predicted molar refractivity (Wildman–Crippen MR) is 98.9 cm³/mol. The molecule has 1 aliphatic carbocycles. The molecule has 4 rings (SSSR count). The molecule has 2 aromatic rings. The number of aliphatic hydroxyl groups is 1. The number of aromatic amines is 1. The average molecular weight is 359 g/mol. The number of carbonyl (C=O) groups is 1. The minimum Gasteiger partial charge on any atom is -0.394 e. The Bertz CT molecular complexity index is 818. The summed E-state index contributed by atoms with van der Waals surface area (Å²) in [4.78, 5) is 18.3. The van der Waals surface area contributed by atoms with Gasteiger partial charge in [-0.2, -0.15) is 0 Å². The quantitative estimate of drug-likeness (QED) is 0.782. The summed E-state index contributed by atoms with van der Waals surface area (Å²) in [7, 11) is 2.07. The van der Waals surface area contributed by atoms with Crippen LogP contribution in [0.1, 0.15) is 30.4 Å². The van der Waals surface area contributed by atoms with Gasteiger partial charge in [-0.15, -0.1) is 0 Å². The van der Waals surface area contributed by atoms with Gasteiger partial charge in [0.2, 0.25) is 5.91 Å². The zero-order valence-electron chi connectivity index (χ0n) is 15.2. The van der Waals surface area contributed by atoms with E-state index in [1.54, 1.807) is 0 Å². The number of hydrogen-bond donors (Lipinski definition) is 3. The number of likely N-dealkylation sites (tertiary alicyclic amines) is 1. The molecule has 6 heteroatoms. The molecule has 3 N–H and O–H groups in total. The molecule has 0 spiro atoms. The van der Waals surface area contributed by atoms with Crippen molar-refractivity contribution in [1.82, 2.24) is 15.2 Å². The van der Waals surface area contributed by atoms with Crippen LogP contribution in [0.25, 0.3) is 10.9 Å². The summed E-state index contributed by atoms with van der Waals surface area (Å²) < 4.78 is 13.5. The van der Waals surface area contributed by atoms with E-state index in [4.69, 9.17) is 0 Å². The molecule has 5 atom stereocenters. The third-order valence-corrected chi connectivity index (χ3v) is 6.18. The molecular weight excluding hydrogens is 333 g/mol. The third kappa shape index (κ3) is 2.81. The van der Waals surface area contributed by atoms with Gasteiger partial charge in [0.25, 0.3) is 0 Å². The van der Waals surface area contributed by atoms with Crippen molar-refractivity contribution >= 4 is 16.8 Å². The summed E-state index contributed by atoms with van der Waals surface area (Å²) in [6, 6.07) is 5.87. The van der Waals surface area contributed by atoms with E-state index in [9.17, 15) is 14.3 Å². The molecule has 140 valence electrons. The Hall–Kier alpha value is -1.92. The van der Waals surface area contributed by atoms with E-state index in [1.807, 2.05) is 0 Å². The SMILES string of the molecule is CC(F)C(CO)NC(=O)C1CC2c3cccc4[nH]cc(c34)CC2N(C)C1. The number of likely N-dealkylation sites (N-methyl/N-ethyl adjacent to an activating group) is 1. The Balaban J connectivity index is 1.60. The highest BCUT2D eigenvalue weighted by Crippen LogP contribution is 2.44. The largest absolute Gasteiger partial charge is 0.394 e. The molecule has 1 amide bonds. The van der Waals surface area contributed by atoms with Gasteiger partial charge in [0.1, 0.15) is 6.17 Å². The van der Waals surface area contributed by atoms with E-state index in [0.29, 0.717) is 12.6 Å². The van der Waals surface area contributed by atoms with Crippen LogP contribution in [0.5, 0.6) is 0 Å². The van der Waals surface area contributed by atoms with Gasteiger partial charge in [0.15, 0.2) is 0 Å². The minimum atomic E-state index is -1.27. The number of fused-ring (bicyclic) bond motifs is 2. The van der Waals surface area contributed by atoms with Crippen LogP contribution in [-0.4, -0.2) is 59.4 Å². The third-order valence-electron chi connectivity index (χ3n) is 6.18. The van der Waals surface area contributed by atoms with Gasteiger partial charge in [0, 0.05) is 35.6 Å². The van der Waals surface area contributed by atoms with Gasteiger partial charge in [0.05, 0.1) is 18.6 Å². The van der Waals surface area contributed by atoms with Gasteiger partial charge in [-0.1, -0.05) is 12.1 Å². The maximum Gasteiger partial charge on any atom is 0.224 e. The predicted octanol–water partition coefficient (Wildman–Crippen LogP) is 1.96. The lowest BCUT2D eigenvalue weighted by molar-refractivity contribution is -0.129. The van der Waals surface area contributed by atoms with Crippen molar-refractivity contribution in [2.24, 2.45) is 5.92 Å². The molecule has 1 saturated heterocycles.